The molecule has 3 heterocycles. The summed E-state index contributed by atoms with van der Waals surface area (Å²) in [4.78, 5) is 14.9. The van der Waals surface area contributed by atoms with Crippen molar-refractivity contribution < 1.29 is 9.53 Å². The molecule has 3 aliphatic heterocycles. The molecule has 2 fully saturated rings. The van der Waals surface area contributed by atoms with Crippen molar-refractivity contribution >= 4 is 17.6 Å². The molecule has 1 aliphatic carbocycles. The van der Waals surface area contributed by atoms with Crippen LogP contribution in [0.2, 0.25) is 0 Å². The van der Waals surface area contributed by atoms with E-state index in [0.29, 0.717) is 17.0 Å². The molecule has 0 aromatic heterocycles. The zero-order valence-electron chi connectivity index (χ0n) is 13.9. The average molecular weight is 344 g/mol. The third kappa shape index (κ3) is 1.80. The van der Waals surface area contributed by atoms with Gasteiger partial charge >= 0.3 is 5.97 Å². The monoisotopic (exact) mass is 343 g/mol. The van der Waals surface area contributed by atoms with Crippen LogP contribution >= 0.6 is 11.6 Å². The molecular formula is C20H22ClNO2. The van der Waals surface area contributed by atoms with Crippen LogP contribution in [0.1, 0.15) is 62.1 Å². The summed E-state index contributed by atoms with van der Waals surface area (Å²) in [7, 11) is 0. The quantitative estimate of drug-likeness (QED) is 0.658. The standard InChI is InChI=1S/C20H22ClNO2/c1-12-11-22-16(14-7-3-2-6-13(12)14)10-15-18(21)19(23)24-20(15)9-5-4-8-17(20)22/h2-3,6-7,12,16-17H,4-5,8-11H2,1H3/t12-,16+,17+,20-/m0/s1. The van der Waals surface area contributed by atoms with Crippen molar-refractivity contribution in [3.63, 3.8) is 0 Å². The Morgan fingerprint density at radius 2 is 2.04 bits per heavy atom. The van der Waals surface area contributed by atoms with Gasteiger partial charge in [-0.1, -0.05) is 49.2 Å². The number of halogens is 1. The maximum atomic E-state index is 12.3. The second kappa shape index (κ2) is 5.09. The molecule has 1 saturated carbocycles. The SMILES string of the molecule is C[C@H]1CN2[C@H](CC3=C(Cl)C(=O)O[C@@]34CCCC[C@@H]24)c2ccccc21. The molecule has 4 heteroatoms. The molecule has 1 aromatic rings. The minimum Gasteiger partial charge on any atom is -0.449 e. The highest BCUT2D eigenvalue weighted by molar-refractivity contribution is 6.42. The second-order valence-corrected chi connectivity index (χ2v) is 8.16. The minimum absolute atomic E-state index is 0.274. The van der Waals surface area contributed by atoms with E-state index in [2.05, 4.69) is 36.1 Å². The number of nitrogens with zero attached hydrogens (tertiary/aromatic N) is 1. The zero-order valence-corrected chi connectivity index (χ0v) is 14.7. The highest BCUT2D eigenvalue weighted by atomic mass is 35.5. The molecule has 4 atom stereocenters. The largest absolute Gasteiger partial charge is 0.449 e. The average Bonchev–Trinajstić information content (AvgIpc) is 2.84. The summed E-state index contributed by atoms with van der Waals surface area (Å²) >= 11 is 6.42. The predicted octanol–water partition coefficient (Wildman–Crippen LogP) is 4.28. The summed E-state index contributed by atoms with van der Waals surface area (Å²) in [5.74, 6) is 0.203. The highest BCUT2D eigenvalue weighted by Gasteiger charge is 2.60. The van der Waals surface area contributed by atoms with Crippen molar-refractivity contribution in [3.05, 3.63) is 46.0 Å². The Bertz CT molecular complexity index is 758. The summed E-state index contributed by atoms with van der Waals surface area (Å²) in [6.07, 6.45) is 5.15. The number of carbonyl (C=O) groups excluding carboxylic acids is 1. The van der Waals surface area contributed by atoms with Crippen LogP contribution in [0.15, 0.2) is 34.9 Å². The predicted molar refractivity (Wildman–Crippen MR) is 92.9 cm³/mol. The number of benzene rings is 1. The van der Waals surface area contributed by atoms with Crippen molar-refractivity contribution in [2.24, 2.45) is 0 Å². The number of hydrogen-bond donors (Lipinski definition) is 0. The van der Waals surface area contributed by atoms with Crippen molar-refractivity contribution in [1.29, 1.82) is 0 Å². The molecule has 0 amide bonds. The van der Waals surface area contributed by atoms with E-state index in [1.165, 1.54) is 17.5 Å². The minimum atomic E-state index is -0.449. The summed E-state index contributed by atoms with van der Waals surface area (Å²) in [6.45, 7) is 3.35. The molecule has 3 nitrogen and oxygen atoms in total. The second-order valence-electron chi connectivity index (χ2n) is 7.78. The number of carbonyl (C=O) groups is 1. The topological polar surface area (TPSA) is 29.5 Å². The van der Waals surface area contributed by atoms with E-state index in [1.54, 1.807) is 0 Å². The molecule has 126 valence electrons. The van der Waals surface area contributed by atoms with Gasteiger partial charge in [0.05, 0.1) is 6.04 Å². The lowest BCUT2D eigenvalue weighted by molar-refractivity contribution is -0.162. The number of fused-ring (bicyclic) bond motifs is 4. The van der Waals surface area contributed by atoms with Gasteiger partial charge in [-0.15, -0.1) is 0 Å². The first kappa shape index (κ1) is 15.0. The lowest BCUT2D eigenvalue weighted by atomic mass is 9.67. The smallest absolute Gasteiger partial charge is 0.350 e. The lowest BCUT2D eigenvalue weighted by Gasteiger charge is -2.56. The molecule has 5 rings (SSSR count). The maximum Gasteiger partial charge on any atom is 0.350 e. The van der Waals surface area contributed by atoms with E-state index in [9.17, 15) is 4.79 Å². The Morgan fingerprint density at radius 1 is 1.25 bits per heavy atom. The van der Waals surface area contributed by atoms with Crippen LogP contribution in [0.3, 0.4) is 0 Å². The van der Waals surface area contributed by atoms with Crippen LogP contribution in [0.5, 0.6) is 0 Å². The van der Waals surface area contributed by atoms with Crippen molar-refractivity contribution in [1.82, 2.24) is 4.90 Å². The molecule has 0 bridgehead atoms. The van der Waals surface area contributed by atoms with Gasteiger partial charge in [0, 0.05) is 18.2 Å². The first-order valence-electron chi connectivity index (χ1n) is 9.09. The zero-order chi connectivity index (χ0) is 16.5. The Labute approximate surface area is 147 Å². The first-order chi connectivity index (χ1) is 11.6. The molecule has 24 heavy (non-hydrogen) atoms. The van der Waals surface area contributed by atoms with Crippen LogP contribution in [0.4, 0.5) is 0 Å². The molecular weight excluding hydrogens is 322 g/mol. The number of esters is 1. The van der Waals surface area contributed by atoms with E-state index < -0.39 is 5.60 Å². The van der Waals surface area contributed by atoms with Crippen molar-refractivity contribution in [2.75, 3.05) is 6.54 Å². The molecule has 0 unspecified atom stereocenters. The Morgan fingerprint density at radius 3 is 2.88 bits per heavy atom. The summed E-state index contributed by atoms with van der Waals surface area (Å²) in [6, 6.07) is 9.37. The first-order valence-corrected chi connectivity index (χ1v) is 9.46. The van der Waals surface area contributed by atoms with Gasteiger partial charge in [0.1, 0.15) is 5.03 Å². The Kier molecular flexibility index (Phi) is 3.18. The number of hydrogen-bond acceptors (Lipinski definition) is 3. The summed E-state index contributed by atoms with van der Waals surface area (Å²) in [5.41, 5.74) is 3.48. The fraction of sp³-hybridized carbons (Fsp3) is 0.550. The van der Waals surface area contributed by atoms with E-state index in [4.69, 9.17) is 16.3 Å². The van der Waals surface area contributed by atoms with E-state index in [1.807, 2.05) is 0 Å². The molecule has 1 saturated heterocycles. The Hall–Kier alpha value is -1.32. The van der Waals surface area contributed by atoms with Gasteiger partial charge in [-0.3, -0.25) is 4.90 Å². The molecule has 0 N–H and O–H groups in total. The molecule has 0 radical (unpaired) electrons. The fourth-order valence-corrected chi connectivity index (χ4v) is 5.90. The van der Waals surface area contributed by atoms with Crippen LogP contribution < -0.4 is 0 Å². The summed E-state index contributed by atoms with van der Waals surface area (Å²) < 4.78 is 5.95. The fourth-order valence-electron chi connectivity index (χ4n) is 5.62. The van der Waals surface area contributed by atoms with Gasteiger partial charge in [-0.05, 0) is 42.7 Å². The van der Waals surface area contributed by atoms with E-state index in [-0.39, 0.29) is 12.0 Å². The molecule has 4 aliphatic rings. The van der Waals surface area contributed by atoms with E-state index in [0.717, 1.165) is 37.8 Å². The van der Waals surface area contributed by atoms with Gasteiger partial charge in [0.15, 0.2) is 5.60 Å². The van der Waals surface area contributed by atoms with Crippen LogP contribution in [0.25, 0.3) is 0 Å². The van der Waals surface area contributed by atoms with Gasteiger partial charge < -0.3 is 4.74 Å². The van der Waals surface area contributed by atoms with Gasteiger partial charge in [0.2, 0.25) is 0 Å². The third-order valence-electron chi connectivity index (χ3n) is 6.61. The number of rotatable bonds is 0. The van der Waals surface area contributed by atoms with Crippen LogP contribution in [0, 0.1) is 0 Å². The third-order valence-corrected chi connectivity index (χ3v) is 6.99. The van der Waals surface area contributed by atoms with Gasteiger partial charge in [-0.25, -0.2) is 4.79 Å². The van der Waals surface area contributed by atoms with Crippen molar-refractivity contribution in [2.45, 2.75) is 62.6 Å². The number of ether oxygens (including phenoxy) is 1. The molecule has 1 spiro atoms. The van der Waals surface area contributed by atoms with Crippen molar-refractivity contribution in [3.8, 4) is 0 Å². The van der Waals surface area contributed by atoms with Crippen LogP contribution in [-0.2, 0) is 9.53 Å². The highest BCUT2D eigenvalue weighted by Crippen LogP contribution is 2.57. The van der Waals surface area contributed by atoms with Gasteiger partial charge in [-0.2, -0.15) is 0 Å². The Balaban J connectivity index is 1.67. The maximum absolute atomic E-state index is 12.3. The van der Waals surface area contributed by atoms with Crippen LogP contribution in [-0.4, -0.2) is 29.1 Å². The lowest BCUT2D eigenvalue weighted by Crippen LogP contribution is -2.62. The normalized spacial score (nSPS) is 38.1. The van der Waals surface area contributed by atoms with E-state index >= 15 is 0 Å². The summed E-state index contributed by atoms with van der Waals surface area (Å²) in [5, 5.41) is 0.359. The molecule has 1 aromatic carbocycles. The number of piperidine rings is 1. The van der Waals surface area contributed by atoms with Gasteiger partial charge in [0.25, 0.3) is 0 Å².